The number of carbonyl (C=O) groups is 1. The molecular weight excluding hydrogens is 397 g/mol. The molecule has 5 nitrogen and oxygen atoms in total. The van der Waals surface area contributed by atoms with Crippen LogP contribution in [0.1, 0.15) is 55.4 Å². The van der Waals surface area contributed by atoms with E-state index in [9.17, 15) is 18.0 Å². The Hall–Kier alpha value is -3.05. The second kappa shape index (κ2) is 10.1. The van der Waals surface area contributed by atoms with E-state index in [2.05, 4.69) is 5.32 Å². The van der Waals surface area contributed by atoms with Crippen LogP contribution in [0.2, 0.25) is 0 Å². The summed E-state index contributed by atoms with van der Waals surface area (Å²) < 4.78 is 45.9. The molecule has 8 heteroatoms. The smallest absolute Gasteiger partial charge is 0.418 e. The number of rotatable bonds is 9. The third kappa shape index (κ3) is 5.97. The highest BCUT2D eigenvalue weighted by molar-refractivity contribution is 5.69. The Morgan fingerprint density at radius 3 is 2.37 bits per heavy atom. The van der Waals surface area contributed by atoms with Gasteiger partial charge in [-0.2, -0.15) is 18.4 Å². The molecule has 0 saturated carbocycles. The third-order valence-electron chi connectivity index (χ3n) is 4.67. The van der Waals surface area contributed by atoms with Gasteiger partial charge in [0.1, 0.15) is 0 Å². The summed E-state index contributed by atoms with van der Waals surface area (Å²) in [6.07, 6.45) is -6.35. The fourth-order valence-corrected chi connectivity index (χ4v) is 3.18. The molecule has 2 N–H and O–H groups in total. The molecule has 2 atom stereocenters. The molecule has 0 amide bonds. The van der Waals surface area contributed by atoms with Crippen LogP contribution in [0, 0.1) is 11.3 Å². The van der Waals surface area contributed by atoms with Crippen molar-refractivity contribution in [3.8, 4) is 6.07 Å². The maximum atomic E-state index is 13.6. The van der Waals surface area contributed by atoms with Crippen LogP contribution < -0.4 is 5.32 Å². The van der Waals surface area contributed by atoms with E-state index < -0.39 is 18.2 Å². The lowest BCUT2D eigenvalue weighted by molar-refractivity contribution is -0.222. The Labute approximate surface area is 173 Å². The topological polar surface area (TPSA) is 82.3 Å². The van der Waals surface area contributed by atoms with Crippen molar-refractivity contribution >= 4 is 17.3 Å². The van der Waals surface area contributed by atoms with Crippen molar-refractivity contribution in [2.45, 2.75) is 44.9 Å². The first-order valence-corrected chi connectivity index (χ1v) is 9.50. The van der Waals surface area contributed by atoms with Gasteiger partial charge in [0.2, 0.25) is 0 Å². The molecular formula is C22H23F3N2O3. The van der Waals surface area contributed by atoms with Crippen LogP contribution in [0.3, 0.4) is 0 Å². The number of nitrogens with one attached hydrogen (secondary N) is 1. The van der Waals surface area contributed by atoms with Gasteiger partial charge in [0, 0.05) is 23.5 Å². The fourth-order valence-electron chi connectivity index (χ4n) is 3.18. The van der Waals surface area contributed by atoms with Crippen LogP contribution in [-0.2, 0) is 9.53 Å². The second-order valence-electron chi connectivity index (χ2n) is 6.74. The Balaban J connectivity index is 2.54. The largest absolute Gasteiger partial charge is 0.481 e. The molecule has 0 spiro atoms. The van der Waals surface area contributed by atoms with Gasteiger partial charge in [0.05, 0.1) is 18.1 Å². The molecule has 0 aromatic heterocycles. The van der Waals surface area contributed by atoms with Gasteiger partial charge in [-0.1, -0.05) is 19.1 Å². The van der Waals surface area contributed by atoms with Gasteiger partial charge in [-0.3, -0.25) is 4.79 Å². The summed E-state index contributed by atoms with van der Waals surface area (Å²) in [6.45, 7) is 3.19. The Morgan fingerprint density at radius 2 is 1.87 bits per heavy atom. The number of hydrogen-bond donors (Lipinski definition) is 2. The van der Waals surface area contributed by atoms with Crippen molar-refractivity contribution in [2.24, 2.45) is 0 Å². The molecule has 0 radical (unpaired) electrons. The van der Waals surface area contributed by atoms with Crippen molar-refractivity contribution in [3.05, 3.63) is 59.2 Å². The lowest BCUT2D eigenvalue weighted by atomic mass is 9.91. The highest BCUT2D eigenvalue weighted by Gasteiger charge is 2.43. The molecule has 0 bridgehead atoms. The molecule has 2 aromatic rings. The standard InChI is InChI=1S/C22H23F3N2O3/c1-3-15(12-20(28)29)16-7-10-18(21(30-4-2)22(23,24)25)19(11-16)27-17-8-5-14(13-26)6-9-17/h5-11,15,21,27H,3-4,12H2,1-2H3,(H,28,29)/t15-,21+/m1/s1. The minimum absolute atomic E-state index is 0.0948. The minimum Gasteiger partial charge on any atom is -0.481 e. The molecule has 2 rings (SSSR count). The van der Waals surface area contributed by atoms with Gasteiger partial charge in [-0.25, -0.2) is 0 Å². The zero-order valence-electron chi connectivity index (χ0n) is 16.7. The average Bonchev–Trinajstić information content (AvgIpc) is 2.70. The lowest BCUT2D eigenvalue weighted by Crippen LogP contribution is -2.24. The number of hydrogen-bond acceptors (Lipinski definition) is 4. The molecule has 0 fully saturated rings. The Bertz CT molecular complexity index is 905. The lowest BCUT2D eigenvalue weighted by Gasteiger charge is -2.25. The molecule has 30 heavy (non-hydrogen) atoms. The number of anilines is 2. The van der Waals surface area contributed by atoms with Crippen molar-refractivity contribution in [3.63, 3.8) is 0 Å². The molecule has 0 unspecified atom stereocenters. The molecule has 160 valence electrons. The first-order valence-electron chi connectivity index (χ1n) is 9.50. The number of nitriles is 1. The summed E-state index contributed by atoms with van der Waals surface area (Å²) in [5.41, 5.74) is 1.62. The van der Waals surface area contributed by atoms with Gasteiger partial charge in [0.25, 0.3) is 0 Å². The summed E-state index contributed by atoms with van der Waals surface area (Å²) >= 11 is 0. The number of ether oxygens (including phenoxy) is 1. The van der Waals surface area contributed by atoms with Crippen LogP contribution in [0.15, 0.2) is 42.5 Å². The summed E-state index contributed by atoms with van der Waals surface area (Å²) in [5, 5.41) is 21.0. The number of carboxylic acid groups (broad SMARTS) is 1. The molecule has 0 heterocycles. The fraction of sp³-hybridized carbons (Fsp3) is 0.364. The third-order valence-corrected chi connectivity index (χ3v) is 4.67. The zero-order chi connectivity index (χ0) is 22.3. The van der Waals surface area contributed by atoms with Crippen molar-refractivity contribution < 1.29 is 27.8 Å². The molecule has 2 aromatic carbocycles. The van der Waals surface area contributed by atoms with Crippen LogP contribution in [0.5, 0.6) is 0 Å². The van der Waals surface area contributed by atoms with Crippen molar-refractivity contribution in [2.75, 3.05) is 11.9 Å². The maximum absolute atomic E-state index is 13.6. The Morgan fingerprint density at radius 1 is 1.20 bits per heavy atom. The summed E-state index contributed by atoms with van der Waals surface area (Å²) in [7, 11) is 0. The quantitative estimate of drug-likeness (QED) is 0.527. The first kappa shape index (κ1) is 23.2. The minimum atomic E-state index is -4.62. The van der Waals surface area contributed by atoms with Gasteiger partial charge < -0.3 is 15.2 Å². The monoisotopic (exact) mass is 420 g/mol. The number of nitrogens with zero attached hydrogens (tertiary/aromatic N) is 1. The number of halogens is 3. The normalized spacial score (nSPS) is 13.3. The van der Waals surface area contributed by atoms with E-state index in [0.717, 1.165) is 0 Å². The maximum Gasteiger partial charge on any atom is 0.418 e. The SMILES string of the molecule is CCO[C@@H](c1ccc([C@H](CC)CC(=O)O)cc1Nc1ccc(C#N)cc1)C(F)(F)F. The number of alkyl halides is 3. The first-order chi connectivity index (χ1) is 14.2. The van der Waals surface area contributed by atoms with Gasteiger partial charge in [-0.05, 0) is 55.2 Å². The highest BCUT2D eigenvalue weighted by Crippen LogP contribution is 2.41. The van der Waals surface area contributed by atoms with Crippen molar-refractivity contribution in [1.82, 2.24) is 0 Å². The van der Waals surface area contributed by atoms with Crippen molar-refractivity contribution in [1.29, 1.82) is 5.26 Å². The summed E-state index contributed by atoms with van der Waals surface area (Å²) in [5.74, 6) is -1.32. The van der Waals surface area contributed by atoms with E-state index >= 15 is 0 Å². The van der Waals surface area contributed by atoms with Crippen LogP contribution in [0.4, 0.5) is 24.5 Å². The summed E-state index contributed by atoms with van der Waals surface area (Å²) in [4.78, 5) is 11.2. The van der Waals surface area contributed by atoms with Gasteiger partial charge in [-0.15, -0.1) is 0 Å². The Kier molecular flexibility index (Phi) is 7.84. The van der Waals surface area contributed by atoms with E-state index in [1.807, 2.05) is 13.0 Å². The van der Waals surface area contributed by atoms with E-state index in [1.165, 1.54) is 19.1 Å². The summed E-state index contributed by atoms with van der Waals surface area (Å²) in [6, 6.07) is 12.7. The van der Waals surface area contributed by atoms with Gasteiger partial charge in [0.15, 0.2) is 6.10 Å². The van der Waals surface area contributed by atoms with E-state index in [1.54, 1.807) is 30.3 Å². The molecule has 0 aliphatic heterocycles. The molecule has 0 saturated heterocycles. The molecule has 0 aliphatic carbocycles. The van der Waals surface area contributed by atoms with Crippen LogP contribution in [-0.4, -0.2) is 23.9 Å². The predicted octanol–water partition coefficient (Wildman–Crippen LogP) is 5.91. The van der Waals surface area contributed by atoms with Gasteiger partial charge >= 0.3 is 12.1 Å². The second-order valence-corrected chi connectivity index (χ2v) is 6.74. The molecule has 0 aliphatic rings. The highest BCUT2D eigenvalue weighted by atomic mass is 19.4. The van der Waals surface area contributed by atoms with E-state index in [-0.39, 0.29) is 30.2 Å². The zero-order valence-corrected chi connectivity index (χ0v) is 16.7. The number of aliphatic carboxylic acids is 1. The number of benzene rings is 2. The number of carboxylic acids is 1. The van der Waals surface area contributed by atoms with Crippen LogP contribution in [0.25, 0.3) is 0 Å². The predicted molar refractivity (Wildman–Crippen MR) is 107 cm³/mol. The van der Waals surface area contributed by atoms with E-state index in [0.29, 0.717) is 23.2 Å². The van der Waals surface area contributed by atoms with E-state index in [4.69, 9.17) is 15.1 Å². The van der Waals surface area contributed by atoms with Crippen LogP contribution >= 0.6 is 0 Å². The average molecular weight is 420 g/mol.